The molecule has 1 amide bonds. The number of rotatable bonds is 10. The zero-order chi connectivity index (χ0) is 23.8. The molecule has 0 fully saturated rings. The highest BCUT2D eigenvalue weighted by Crippen LogP contribution is 2.40. The van der Waals surface area contributed by atoms with Crippen LogP contribution in [0.4, 0.5) is 0 Å². The van der Waals surface area contributed by atoms with E-state index in [1.165, 1.54) is 7.11 Å². The molecule has 0 aliphatic carbocycles. The molecule has 0 atom stereocenters. The molecule has 0 heterocycles. The maximum absolute atomic E-state index is 13.5. The zero-order valence-electron chi connectivity index (χ0n) is 18.8. The summed E-state index contributed by atoms with van der Waals surface area (Å²) in [6, 6.07) is 20.4. The average molecular weight is 470 g/mol. The Balaban J connectivity index is 2.08. The van der Waals surface area contributed by atoms with Crippen LogP contribution in [0.15, 0.2) is 66.7 Å². The lowest BCUT2D eigenvalue weighted by Gasteiger charge is -2.20. The monoisotopic (exact) mass is 469 g/mol. The maximum atomic E-state index is 13.5. The lowest BCUT2D eigenvalue weighted by molar-refractivity contribution is 0.0950. The minimum atomic E-state index is -3.60. The van der Waals surface area contributed by atoms with E-state index in [9.17, 15) is 13.2 Å². The van der Waals surface area contributed by atoms with Gasteiger partial charge in [-0.3, -0.25) is 8.98 Å². The second-order valence-corrected chi connectivity index (χ2v) is 8.97. The van der Waals surface area contributed by atoms with Gasteiger partial charge in [0.2, 0.25) is 0 Å². The fraction of sp³-hybridized carbons (Fsp3) is 0.240. The molecule has 0 aromatic heterocycles. The van der Waals surface area contributed by atoms with Crippen molar-refractivity contribution in [1.82, 2.24) is 5.32 Å². The number of ether oxygens (including phenoxy) is 2. The molecule has 3 aromatic rings. The Labute approximate surface area is 194 Å². The van der Waals surface area contributed by atoms with Crippen molar-refractivity contribution < 1.29 is 26.9 Å². The van der Waals surface area contributed by atoms with E-state index in [2.05, 4.69) is 5.32 Å². The Morgan fingerprint density at radius 2 is 1.55 bits per heavy atom. The first-order valence-corrected chi connectivity index (χ1v) is 12.2. The molecule has 0 aliphatic heterocycles. The number of para-hydroxylation sites is 1. The third kappa shape index (κ3) is 6.34. The Kier molecular flexibility index (Phi) is 8.08. The van der Waals surface area contributed by atoms with Crippen LogP contribution in [0.2, 0.25) is 0 Å². The molecule has 0 aliphatic rings. The van der Waals surface area contributed by atoms with Crippen LogP contribution in [0.1, 0.15) is 21.5 Å². The number of benzene rings is 3. The van der Waals surface area contributed by atoms with Crippen LogP contribution < -0.4 is 14.8 Å². The molecular formula is C25H27NO6S. The van der Waals surface area contributed by atoms with Gasteiger partial charge in [0, 0.05) is 17.7 Å². The van der Waals surface area contributed by atoms with Crippen LogP contribution in [0.25, 0.3) is 11.1 Å². The Morgan fingerprint density at radius 1 is 0.879 bits per heavy atom. The van der Waals surface area contributed by atoms with Crippen LogP contribution in [-0.4, -0.2) is 41.4 Å². The van der Waals surface area contributed by atoms with E-state index in [1.807, 2.05) is 48.5 Å². The number of carbonyl (C=O) groups is 1. The molecule has 7 nitrogen and oxygen atoms in total. The van der Waals surface area contributed by atoms with E-state index in [4.69, 9.17) is 13.7 Å². The van der Waals surface area contributed by atoms with Crippen LogP contribution in [0, 0.1) is 0 Å². The Bertz CT molecular complexity index is 1210. The number of nitrogens with one attached hydrogen (secondary N) is 1. The summed E-state index contributed by atoms with van der Waals surface area (Å²) in [4.78, 5) is 13.5. The van der Waals surface area contributed by atoms with Crippen molar-refractivity contribution in [3.05, 3.63) is 83.4 Å². The minimum absolute atomic E-state index is 0.0878. The third-order valence-electron chi connectivity index (χ3n) is 5.04. The van der Waals surface area contributed by atoms with Crippen molar-refractivity contribution in [1.29, 1.82) is 0 Å². The van der Waals surface area contributed by atoms with Crippen LogP contribution >= 0.6 is 0 Å². The lowest BCUT2D eigenvalue weighted by atomic mass is 9.91. The van der Waals surface area contributed by atoms with Gasteiger partial charge in [-0.1, -0.05) is 54.6 Å². The molecule has 33 heavy (non-hydrogen) atoms. The van der Waals surface area contributed by atoms with Gasteiger partial charge in [-0.05, 0) is 29.7 Å². The van der Waals surface area contributed by atoms with Gasteiger partial charge in [-0.25, -0.2) is 0 Å². The molecule has 0 radical (unpaired) electrons. The second-order valence-electron chi connectivity index (χ2n) is 7.32. The summed E-state index contributed by atoms with van der Waals surface area (Å²) in [5.41, 5.74) is 3.22. The number of methoxy groups -OCH3 is 2. The largest absolute Gasteiger partial charge is 0.496 e. The lowest BCUT2D eigenvalue weighted by Crippen LogP contribution is -2.25. The van der Waals surface area contributed by atoms with Crippen LogP contribution in [0.3, 0.4) is 0 Å². The first kappa shape index (κ1) is 24.3. The van der Waals surface area contributed by atoms with E-state index in [0.717, 1.165) is 11.8 Å². The summed E-state index contributed by atoms with van der Waals surface area (Å²) in [5.74, 6) is 0.766. The highest BCUT2D eigenvalue weighted by atomic mass is 32.2. The summed E-state index contributed by atoms with van der Waals surface area (Å²) in [6.07, 6.45) is 1.21. The number of amides is 1. The van der Waals surface area contributed by atoms with E-state index in [1.54, 1.807) is 25.3 Å². The van der Waals surface area contributed by atoms with E-state index in [0.29, 0.717) is 40.3 Å². The molecule has 0 saturated carbocycles. The summed E-state index contributed by atoms with van der Waals surface area (Å²) in [6.45, 7) is 0.247. The number of hydrogen-bond acceptors (Lipinski definition) is 6. The molecule has 1 N–H and O–H groups in total. The Hall–Kier alpha value is -3.36. The number of hydrogen-bond donors (Lipinski definition) is 1. The van der Waals surface area contributed by atoms with Crippen molar-refractivity contribution >= 4 is 16.0 Å². The van der Waals surface area contributed by atoms with Gasteiger partial charge in [0.25, 0.3) is 16.0 Å². The Morgan fingerprint density at radius 3 is 2.21 bits per heavy atom. The van der Waals surface area contributed by atoms with Crippen LogP contribution in [0.5, 0.6) is 11.5 Å². The molecule has 0 unspecified atom stereocenters. The predicted octanol–water partition coefficient (Wildman–Crippen LogP) is 3.82. The topological polar surface area (TPSA) is 90.9 Å². The smallest absolute Gasteiger partial charge is 0.264 e. The number of carbonyl (C=O) groups excluding carboxylic acids is 1. The van der Waals surface area contributed by atoms with Crippen molar-refractivity contribution in [2.45, 2.75) is 13.0 Å². The van der Waals surface area contributed by atoms with Crippen molar-refractivity contribution in [2.24, 2.45) is 0 Å². The van der Waals surface area contributed by atoms with Gasteiger partial charge in [0.1, 0.15) is 11.5 Å². The summed E-state index contributed by atoms with van der Waals surface area (Å²) < 4.78 is 38.9. The fourth-order valence-corrected chi connectivity index (χ4v) is 3.94. The van der Waals surface area contributed by atoms with E-state index >= 15 is 0 Å². The SMILES string of the molecule is COc1ccccc1-c1c(OC)ccc(CCOS(C)(=O)=O)c1C(=O)NCc1ccccc1. The average Bonchev–Trinajstić information content (AvgIpc) is 2.82. The van der Waals surface area contributed by atoms with E-state index < -0.39 is 10.1 Å². The molecule has 8 heteroatoms. The first-order valence-electron chi connectivity index (χ1n) is 10.3. The zero-order valence-corrected chi connectivity index (χ0v) is 19.6. The summed E-state index contributed by atoms with van der Waals surface area (Å²) in [7, 11) is -0.511. The molecule has 3 rings (SSSR count). The fourth-order valence-electron chi connectivity index (χ4n) is 3.55. The molecular weight excluding hydrogens is 442 g/mol. The molecule has 0 bridgehead atoms. The van der Waals surface area contributed by atoms with Gasteiger partial charge in [0.05, 0.1) is 32.6 Å². The van der Waals surface area contributed by atoms with Gasteiger partial charge in [0.15, 0.2) is 0 Å². The van der Waals surface area contributed by atoms with Crippen molar-refractivity contribution in [3.8, 4) is 22.6 Å². The van der Waals surface area contributed by atoms with E-state index in [-0.39, 0.29) is 18.9 Å². The standard InChI is InChI=1S/C25H27NO6S/c1-30-21-12-8-7-11-20(21)24-22(31-2)14-13-19(15-16-32-33(3,28)29)23(24)25(27)26-17-18-9-5-4-6-10-18/h4-14H,15-17H2,1-3H3,(H,26,27). The second kappa shape index (κ2) is 11.0. The molecule has 0 spiro atoms. The molecule has 3 aromatic carbocycles. The van der Waals surface area contributed by atoms with Crippen molar-refractivity contribution in [3.63, 3.8) is 0 Å². The maximum Gasteiger partial charge on any atom is 0.264 e. The minimum Gasteiger partial charge on any atom is -0.496 e. The third-order valence-corrected chi connectivity index (χ3v) is 5.64. The highest BCUT2D eigenvalue weighted by Gasteiger charge is 2.24. The molecule has 0 saturated heterocycles. The summed E-state index contributed by atoms with van der Waals surface area (Å²) in [5, 5.41) is 2.97. The summed E-state index contributed by atoms with van der Waals surface area (Å²) >= 11 is 0. The normalized spacial score (nSPS) is 11.1. The molecule has 174 valence electrons. The predicted molar refractivity (Wildman–Crippen MR) is 127 cm³/mol. The van der Waals surface area contributed by atoms with Crippen molar-refractivity contribution in [2.75, 3.05) is 27.1 Å². The first-order chi connectivity index (χ1) is 15.8. The van der Waals surface area contributed by atoms with Gasteiger partial charge < -0.3 is 14.8 Å². The van der Waals surface area contributed by atoms with Gasteiger partial charge in [-0.2, -0.15) is 8.42 Å². The quantitative estimate of drug-likeness (QED) is 0.454. The highest BCUT2D eigenvalue weighted by molar-refractivity contribution is 7.85. The van der Waals surface area contributed by atoms with Gasteiger partial charge >= 0.3 is 0 Å². The van der Waals surface area contributed by atoms with Gasteiger partial charge in [-0.15, -0.1) is 0 Å². The van der Waals surface area contributed by atoms with Crippen LogP contribution in [-0.2, 0) is 27.3 Å².